The van der Waals surface area contributed by atoms with Gasteiger partial charge in [-0.05, 0) is 47.4 Å². The lowest BCUT2D eigenvalue weighted by Gasteiger charge is -2.26. The van der Waals surface area contributed by atoms with Gasteiger partial charge in [-0.3, -0.25) is 14.4 Å². The molecule has 1 fully saturated rings. The number of ether oxygens (including phenoxy) is 1. The third-order valence-electron chi connectivity index (χ3n) is 7.48. The maximum atomic E-state index is 14.5. The number of benzene rings is 2. The van der Waals surface area contributed by atoms with Crippen LogP contribution in [-0.4, -0.2) is 57.8 Å². The SMILES string of the molecule is Cn1nc(-c2cccc(NC(=O)c3ccc(C(C)(C)C)cc3)c2CF)cc(Nc2ccc(C(=O)N3CCOCC3)cn2)c1=O. The zero-order chi connectivity index (χ0) is 31.4. The molecule has 2 amide bonds. The van der Waals surface area contributed by atoms with Crippen LogP contribution in [0, 0.1) is 0 Å². The van der Waals surface area contributed by atoms with Gasteiger partial charge in [-0.15, -0.1) is 0 Å². The summed E-state index contributed by atoms with van der Waals surface area (Å²) in [6, 6.07) is 17.1. The van der Waals surface area contributed by atoms with E-state index in [2.05, 4.69) is 41.5 Å². The van der Waals surface area contributed by atoms with Crippen LogP contribution in [0.2, 0.25) is 0 Å². The number of pyridine rings is 1. The van der Waals surface area contributed by atoms with Crippen molar-refractivity contribution in [3.63, 3.8) is 0 Å². The Morgan fingerprint density at radius 2 is 1.68 bits per heavy atom. The van der Waals surface area contributed by atoms with Gasteiger partial charge >= 0.3 is 0 Å². The fraction of sp³-hybridized carbons (Fsp3) is 0.303. The minimum Gasteiger partial charge on any atom is -0.378 e. The maximum absolute atomic E-state index is 14.5. The van der Waals surface area contributed by atoms with Gasteiger partial charge in [-0.2, -0.15) is 5.10 Å². The number of amides is 2. The number of rotatable bonds is 7. The Morgan fingerprint density at radius 1 is 0.977 bits per heavy atom. The first-order chi connectivity index (χ1) is 21.0. The average molecular weight is 599 g/mol. The van der Waals surface area contributed by atoms with E-state index in [9.17, 15) is 18.8 Å². The molecular weight excluding hydrogens is 563 g/mol. The molecule has 2 aromatic heterocycles. The average Bonchev–Trinajstić information content (AvgIpc) is 3.03. The normalized spacial score (nSPS) is 13.4. The van der Waals surface area contributed by atoms with Gasteiger partial charge in [0.25, 0.3) is 17.4 Å². The number of nitrogens with one attached hydrogen (secondary N) is 2. The smallest absolute Gasteiger partial charge is 0.290 e. The number of aryl methyl sites for hydroxylation is 1. The zero-order valence-electron chi connectivity index (χ0n) is 25.2. The van der Waals surface area contributed by atoms with Gasteiger partial charge in [0.05, 0.1) is 24.5 Å². The van der Waals surface area contributed by atoms with E-state index in [0.29, 0.717) is 60.2 Å². The van der Waals surface area contributed by atoms with Crippen LogP contribution in [0.5, 0.6) is 0 Å². The lowest BCUT2D eigenvalue weighted by atomic mass is 9.86. The Kier molecular flexibility index (Phi) is 8.86. The van der Waals surface area contributed by atoms with Crippen molar-refractivity contribution in [2.45, 2.75) is 32.9 Å². The third kappa shape index (κ3) is 6.68. The number of hydrogen-bond acceptors (Lipinski definition) is 7. The molecule has 0 saturated carbocycles. The minimum atomic E-state index is -0.873. The predicted octanol–water partition coefficient (Wildman–Crippen LogP) is 5.08. The van der Waals surface area contributed by atoms with E-state index in [1.54, 1.807) is 47.4 Å². The van der Waals surface area contributed by atoms with Gasteiger partial charge in [0.15, 0.2) is 0 Å². The molecule has 5 rings (SSSR count). The molecule has 1 aliphatic heterocycles. The van der Waals surface area contributed by atoms with Crippen LogP contribution in [0.4, 0.5) is 21.6 Å². The fourth-order valence-corrected chi connectivity index (χ4v) is 4.92. The third-order valence-corrected chi connectivity index (χ3v) is 7.48. The van der Waals surface area contributed by atoms with Crippen molar-refractivity contribution in [3.05, 3.63) is 99.5 Å². The number of carbonyl (C=O) groups excluding carboxylic acids is 2. The maximum Gasteiger partial charge on any atom is 0.290 e. The summed E-state index contributed by atoms with van der Waals surface area (Å²) in [6.07, 6.45) is 1.46. The fourth-order valence-electron chi connectivity index (χ4n) is 4.92. The van der Waals surface area contributed by atoms with Crippen LogP contribution in [0.3, 0.4) is 0 Å². The van der Waals surface area contributed by atoms with Crippen LogP contribution in [0.1, 0.15) is 52.6 Å². The van der Waals surface area contributed by atoms with Gasteiger partial charge in [-0.25, -0.2) is 14.1 Å². The molecule has 0 atom stereocenters. The molecular formula is C33H35FN6O4. The molecule has 0 bridgehead atoms. The van der Waals surface area contributed by atoms with Gasteiger partial charge in [0, 0.05) is 48.7 Å². The second-order valence-electron chi connectivity index (χ2n) is 11.6. The molecule has 1 saturated heterocycles. The number of carbonyl (C=O) groups is 2. The van der Waals surface area contributed by atoms with Gasteiger partial charge in [-0.1, -0.05) is 45.0 Å². The highest BCUT2D eigenvalue weighted by Crippen LogP contribution is 2.31. The van der Waals surface area contributed by atoms with Crippen molar-refractivity contribution in [3.8, 4) is 11.3 Å². The zero-order valence-corrected chi connectivity index (χ0v) is 25.2. The Balaban J connectivity index is 1.38. The summed E-state index contributed by atoms with van der Waals surface area (Å²) in [6.45, 7) is 7.44. The summed E-state index contributed by atoms with van der Waals surface area (Å²) in [4.78, 5) is 44.8. The largest absolute Gasteiger partial charge is 0.378 e. The van der Waals surface area contributed by atoms with Crippen molar-refractivity contribution in [1.82, 2.24) is 19.7 Å². The Morgan fingerprint density at radius 3 is 2.32 bits per heavy atom. The van der Waals surface area contributed by atoms with Crippen LogP contribution in [0.15, 0.2) is 71.7 Å². The Hall–Kier alpha value is -4.90. The van der Waals surface area contributed by atoms with E-state index in [1.807, 2.05) is 12.1 Å². The molecule has 2 N–H and O–H groups in total. The van der Waals surface area contributed by atoms with E-state index >= 15 is 0 Å². The van der Waals surface area contributed by atoms with Crippen LogP contribution in [-0.2, 0) is 23.9 Å². The summed E-state index contributed by atoms with van der Waals surface area (Å²) in [5.41, 5.74) is 2.95. The number of alkyl halides is 1. The van der Waals surface area contributed by atoms with E-state index in [0.717, 1.165) is 10.2 Å². The number of morpholine rings is 1. The highest BCUT2D eigenvalue weighted by atomic mass is 19.1. The molecule has 4 aromatic rings. The topological polar surface area (TPSA) is 118 Å². The number of halogens is 1. The second-order valence-corrected chi connectivity index (χ2v) is 11.6. The number of anilines is 3. The van der Waals surface area contributed by atoms with Gasteiger partial charge < -0.3 is 20.3 Å². The van der Waals surface area contributed by atoms with Crippen molar-refractivity contribution >= 4 is 29.0 Å². The van der Waals surface area contributed by atoms with Gasteiger partial charge in [0.2, 0.25) is 0 Å². The second kappa shape index (κ2) is 12.8. The monoisotopic (exact) mass is 598 g/mol. The highest BCUT2D eigenvalue weighted by molar-refractivity contribution is 6.05. The van der Waals surface area contributed by atoms with Crippen molar-refractivity contribution < 1.29 is 18.7 Å². The van der Waals surface area contributed by atoms with Crippen LogP contribution >= 0.6 is 0 Å². The van der Waals surface area contributed by atoms with Gasteiger partial charge in [0.1, 0.15) is 18.2 Å². The molecule has 2 aromatic carbocycles. The number of nitrogens with zero attached hydrogens (tertiary/aromatic N) is 4. The molecule has 1 aliphatic rings. The molecule has 3 heterocycles. The lowest BCUT2D eigenvalue weighted by molar-refractivity contribution is 0.0302. The lowest BCUT2D eigenvalue weighted by Crippen LogP contribution is -2.40. The first kappa shape index (κ1) is 30.6. The standard InChI is InChI=1S/C33H35FN6O4/c1-33(2,3)23-11-8-21(9-12-23)30(41)37-26-7-5-6-24(25(26)19-34)27-18-28(32(43)39(4)38-27)36-29-13-10-22(20-35-29)31(42)40-14-16-44-17-15-40/h5-13,18,20H,14-17,19H2,1-4H3,(H,35,36)(H,37,41). The first-order valence-corrected chi connectivity index (χ1v) is 14.3. The van der Waals surface area contributed by atoms with E-state index < -0.39 is 12.2 Å². The Labute approximate surface area is 254 Å². The molecule has 0 spiro atoms. The molecule has 44 heavy (non-hydrogen) atoms. The van der Waals surface area contributed by atoms with E-state index in [-0.39, 0.29) is 28.5 Å². The number of aromatic nitrogens is 3. The molecule has 0 unspecified atom stereocenters. The Bertz CT molecular complexity index is 1720. The first-order valence-electron chi connectivity index (χ1n) is 14.3. The van der Waals surface area contributed by atoms with Crippen molar-refractivity contribution in [2.75, 3.05) is 36.9 Å². The summed E-state index contributed by atoms with van der Waals surface area (Å²) >= 11 is 0. The number of hydrogen-bond donors (Lipinski definition) is 2. The summed E-state index contributed by atoms with van der Waals surface area (Å²) in [5, 5.41) is 10.2. The van der Waals surface area contributed by atoms with E-state index in [4.69, 9.17) is 4.74 Å². The predicted molar refractivity (Wildman–Crippen MR) is 167 cm³/mol. The highest BCUT2D eigenvalue weighted by Gasteiger charge is 2.20. The summed E-state index contributed by atoms with van der Waals surface area (Å²) in [5.74, 6) is -0.154. The van der Waals surface area contributed by atoms with E-state index in [1.165, 1.54) is 19.3 Å². The molecule has 11 heteroatoms. The van der Waals surface area contributed by atoms with Crippen LogP contribution in [0.25, 0.3) is 11.3 Å². The van der Waals surface area contributed by atoms with Crippen LogP contribution < -0.4 is 16.2 Å². The van der Waals surface area contributed by atoms with Crippen molar-refractivity contribution in [2.24, 2.45) is 7.05 Å². The van der Waals surface area contributed by atoms with Crippen molar-refractivity contribution in [1.29, 1.82) is 0 Å². The summed E-state index contributed by atoms with van der Waals surface area (Å²) < 4.78 is 21.0. The quantitative estimate of drug-likeness (QED) is 0.305. The molecule has 0 aliphatic carbocycles. The minimum absolute atomic E-state index is 0.0528. The molecule has 10 nitrogen and oxygen atoms in total. The molecule has 0 radical (unpaired) electrons. The summed E-state index contributed by atoms with van der Waals surface area (Å²) in [7, 11) is 1.50. The molecule has 228 valence electrons.